The summed E-state index contributed by atoms with van der Waals surface area (Å²) in [6, 6.07) is 19.3. The van der Waals surface area contributed by atoms with Crippen molar-refractivity contribution >= 4 is 46.2 Å². The average molecular weight is 464 g/mol. The van der Waals surface area contributed by atoms with Gasteiger partial charge in [0.15, 0.2) is 5.11 Å². The minimum absolute atomic E-state index is 0.139. The molecule has 0 saturated heterocycles. The van der Waals surface area contributed by atoms with E-state index >= 15 is 0 Å². The number of para-hydroxylation sites is 2. The van der Waals surface area contributed by atoms with E-state index in [2.05, 4.69) is 16.0 Å². The zero-order valence-corrected chi connectivity index (χ0v) is 17.5. The SMILES string of the molecule is O=C(Nc1ccccc1Cl)C(NC(=S)Nc1ccccc1C(F)(F)F)c1ccccc1. The molecule has 0 spiro atoms. The number of anilines is 2. The number of amides is 1. The molecule has 1 atom stereocenters. The zero-order chi connectivity index (χ0) is 22.4. The minimum Gasteiger partial charge on any atom is -0.347 e. The minimum atomic E-state index is -4.56. The van der Waals surface area contributed by atoms with Gasteiger partial charge in [-0.2, -0.15) is 13.2 Å². The Morgan fingerprint density at radius 2 is 1.42 bits per heavy atom. The summed E-state index contributed by atoms with van der Waals surface area (Å²) in [6.45, 7) is 0. The molecule has 0 aromatic heterocycles. The molecule has 0 fully saturated rings. The van der Waals surface area contributed by atoms with Crippen molar-refractivity contribution in [1.29, 1.82) is 0 Å². The van der Waals surface area contributed by atoms with Crippen molar-refractivity contribution in [2.24, 2.45) is 0 Å². The Bertz CT molecular complexity index is 1080. The van der Waals surface area contributed by atoms with E-state index in [0.717, 1.165) is 6.07 Å². The summed E-state index contributed by atoms with van der Waals surface area (Å²) < 4.78 is 39.8. The summed E-state index contributed by atoms with van der Waals surface area (Å²) in [5, 5.41) is 8.26. The number of carbonyl (C=O) groups is 1. The number of benzene rings is 3. The topological polar surface area (TPSA) is 53.2 Å². The number of hydrogen-bond acceptors (Lipinski definition) is 2. The molecular formula is C22H17ClF3N3OS. The normalized spacial score (nSPS) is 12.0. The maximum atomic E-state index is 13.3. The number of thiocarbonyl (C=S) groups is 1. The van der Waals surface area contributed by atoms with Crippen molar-refractivity contribution in [3.63, 3.8) is 0 Å². The molecule has 3 aromatic carbocycles. The Hall–Kier alpha value is -3.10. The van der Waals surface area contributed by atoms with Crippen molar-refractivity contribution in [3.05, 3.63) is 95.0 Å². The molecule has 0 aliphatic carbocycles. The third kappa shape index (κ3) is 5.96. The first-order chi connectivity index (χ1) is 14.8. The van der Waals surface area contributed by atoms with Gasteiger partial charge in [0.05, 0.1) is 22.0 Å². The van der Waals surface area contributed by atoms with Crippen molar-refractivity contribution in [1.82, 2.24) is 5.32 Å². The summed E-state index contributed by atoms with van der Waals surface area (Å²) in [6.07, 6.45) is -4.56. The summed E-state index contributed by atoms with van der Waals surface area (Å²) in [5.41, 5.74) is -0.111. The highest BCUT2D eigenvalue weighted by molar-refractivity contribution is 7.80. The lowest BCUT2D eigenvalue weighted by atomic mass is 10.1. The second-order valence-electron chi connectivity index (χ2n) is 6.45. The van der Waals surface area contributed by atoms with Gasteiger partial charge < -0.3 is 16.0 Å². The molecular weight excluding hydrogens is 447 g/mol. The molecule has 0 aliphatic heterocycles. The molecule has 0 saturated carbocycles. The predicted molar refractivity (Wildman–Crippen MR) is 120 cm³/mol. The first kappa shape index (κ1) is 22.6. The number of rotatable bonds is 5. The van der Waals surface area contributed by atoms with Gasteiger partial charge in [-0.05, 0) is 42.0 Å². The van der Waals surface area contributed by atoms with E-state index < -0.39 is 23.7 Å². The predicted octanol–water partition coefficient (Wildman–Crippen LogP) is 6.03. The quantitative estimate of drug-likeness (QED) is 0.405. The van der Waals surface area contributed by atoms with Gasteiger partial charge in [0.25, 0.3) is 5.91 Å². The fraction of sp³-hybridized carbons (Fsp3) is 0.0909. The Morgan fingerprint density at radius 3 is 2.06 bits per heavy atom. The maximum absolute atomic E-state index is 13.3. The fourth-order valence-electron chi connectivity index (χ4n) is 2.84. The van der Waals surface area contributed by atoms with Crippen molar-refractivity contribution in [2.45, 2.75) is 12.2 Å². The van der Waals surface area contributed by atoms with Crippen LogP contribution in [0.4, 0.5) is 24.5 Å². The van der Waals surface area contributed by atoms with Crippen LogP contribution in [0.3, 0.4) is 0 Å². The van der Waals surface area contributed by atoms with Crippen LogP contribution in [0, 0.1) is 0 Å². The second-order valence-corrected chi connectivity index (χ2v) is 7.27. The van der Waals surface area contributed by atoms with Gasteiger partial charge in [0.1, 0.15) is 6.04 Å². The summed E-state index contributed by atoms with van der Waals surface area (Å²) >= 11 is 11.3. The molecule has 0 aliphatic rings. The Balaban J connectivity index is 1.82. The molecule has 3 rings (SSSR count). The number of carbonyl (C=O) groups excluding carboxylic acids is 1. The van der Waals surface area contributed by atoms with Crippen LogP contribution in [0.15, 0.2) is 78.9 Å². The van der Waals surface area contributed by atoms with Crippen LogP contribution in [0.1, 0.15) is 17.2 Å². The third-order valence-electron chi connectivity index (χ3n) is 4.28. The van der Waals surface area contributed by atoms with Gasteiger partial charge in [0.2, 0.25) is 0 Å². The van der Waals surface area contributed by atoms with E-state index in [1.165, 1.54) is 18.2 Å². The Morgan fingerprint density at radius 1 is 0.839 bits per heavy atom. The molecule has 31 heavy (non-hydrogen) atoms. The lowest BCUT2D eigenvalue weighted by molar-refractivity contribution is -0.136. The summed E-state index contributed by atoms with van der Waals surface area (Å²) in [4.78, 5) is 13.0. The van der Waals surface area contributed by atoms with E-state index in [1.807, 2.05) is 0 Å². The number of halogens is 4. The first-order valence-electron chi connectivity index (χ1n) is 9.10. The third-order valence-corrected chi connectivity index (χ3v) is 4.83. The largest absolute Gasteiger partial charge is 0.418 e. The molecule has 9 heteroatoms. The van der Waals surface area contributed by atoms with Crippen molar-refractivity contribution in [2.75, 3.05) is 10.6 Å². The van der Waals surface area contributed by atoms with Crippen LogP contribution in [0.2, 0.25) is 5.02 Å². The molecule has 3 aromatic rings. The van der Waals surface area contributed by atoms with E-state index in [-0.39, 0.29) is 10.8 Å². The van der Waals surface area contributed by atoms with Crippen LogP contribution in [0.5, 0.6) is 0 Å². The monoisotopic (exact) mass is 463 g/mol. The van der Waals surface area contributed by atoms with E-state index in [4.69, 9.17) is 23.8 Å². The molecule has 4 nitrogen and oxygen atoms in total. The molecule has 0 heterocycles. The van der Waals surface area contributed by atoms with Crippen molar-refractivity contribution in [3.8, 4) is 0 Å². The average Bonchev–Trinajstić information content (AvgIpc) is 2.74. The highest BCUT2D eigenvalue weighted by atomic mass is 35.5. The van der Waals surface area contributed by atoms with Gasteiger partial charge in [-0.1, -0.05) is 66.2 Å². The van der Waals surface area contributed by atoms with Crippen LogP contribution in [-0.2, 0) is 11.0 Å². The molecule has 1 amide bonds. The van der Waals surface area contributed by atoms with Crippen LogP contribution in [0.25, 0.3) is 0 Å². The van der Waals surface area contributed by atoms with Gasteiger partial charge in [-0.25, -0.2) is 0 Å². The number of hydrogen-bond donors (Lipinski definition) is 3. The first-order valence-corrected chi connectivity index (χ1v) is 9.88. The van der Waals surface area contributed by atoms with E-state index in [1.54, 1.807) is 54.6 Å². The molecule has 0 bridgehead atoms. The standard InChI is InChI=1S/C22H17ClF3N3OS/c23-16-11-5-7-13-18(16)27-20(30)19(14-8-2-1-3-9-14)29-21(31)28-17-12-6-4-10-15(17)22(24,25)26/h1-13,19H,(H,27,30)(H2,28,29,31). The number of nitrogens with one attached hydrogen (secondary N) is 3. The molecule has 3 N–H and O–H groups in total. The lowest BCUT2D eigenvalue weighted by Crippen LogP contribution is -2.39. The van der Waals surface area contributed by atoms with Gasteiger partial charge in [0, 0.05) is 0 Å². The highest BCUT2D eigenvalue weighted by Crippen LogP contribution is 2.34. The summed E-state index contributed by atoms with van der Waals surface area (Å²) in [5.74, 6) is -0.479. The van der Waals surface area contributed by atoms with Crippen LogP contribution >= 0.6 is 23.8 Å². The van der Waals surface area contributed by atoms with E-state index in [9.17, 15) is 18.0 Å². The Kier molecular flexibility index (Phi) is 7.14. The molecule has 160 valence electrons. The van der Waals surface area contributed by atoms with Gasteiger partial charge in [-0.3, -0.25) is 4.79 Å². The fourth-order valence-corrected chi connectivity index (χ4v) is 3.25. The summed E-state index contributed by atoms with van der Waals surface area (Å²) in [7, 11) is 0. The molecule has 1 unspecified atom stereocenters. The van der Waals surface area contributed by atoms with E-state index in [0.29, 0.717) is 16.3 Å². The maximum Gasteiger partial charge on any atom is 0.418 e. The second kappa shape index (κ2) is 9.80. The Labute approximate surface area is 187 Å². The molecule has 0 radical (unpaired) electrons. The van der Waals surface area contributed by atoms with Crippen molar-refractivity contribution < 1.29 is 18.0 Å². The van der Waals surface area contributed by atoms with Crippen LogP contribution < -0.4 is 16.0 Å². The van der Waals surface area contributed by atoms with Crippen LogP contribution in [-0.4, -0.2) is 11.0 Å². The lowest BCUT2D eigenvalue weighted by Gasteiger charge is -2.22. The highest BCUT2D eigenvalue weighted by Gasteiger charge is 2.33. The zero-order valence-electron chi connectivity index (χ0n) is 15.9. The number of alkyl halides is 3. The van der Waals surface area contributed by atoms with Gasteiger partial charge in [-0.15, -0.1) is 0 Å². The smallest absolute Gasteiger partial charge is 0.347 e. The van der Waals surface area contributed by atoms with Gasteiger partial charge >= 0.3 is 6.18 Å².